The van der Waals surface area contributed by atoms with E-state index < -0.39 is 0 Å². The zero-order valence-electron chi connectivity index (χ0n) is 12.9. The third-order valence-corrected chi connectivity index (χ3v) is 7.07. The van der Waals surface area contributed by atoms with E-state index in [0.717, 1.165) is 18.8 Å². The molecule has 0 bridgehead atoms. The number of hydrogen-bond donors (Lipinski definition) is 2. The lowest BCUT2D eigenvalue weighted by Gasteiger charge is -2.36. The Morgan fingerprint density at radius 2 is 2.05 bits per heavy atom. The van der Waals surface area contributed by atoms with Gasteiger partial charge in [0, 0.05) is 27.6 Å². The SMILES string of the molecule is CCCOc1ccccc1C(NN)C1SCCSC1CC. The van der Waals surface area contributed by atoms with Crippen LogP contribution in [0, 0.1) is 0 Å². The van der Waals surface area contributed by atoms with Crippen LogP contribution in [0.4, 0.5) is 0 Å². The molecule has 21 heavy (non-hydrogen) atoms. The molecule has 3 unspecified atom stereocenters. The summed E-state index contributed by atoms with van der Waals surface area (Å²) in [6, 6.07) is 8.43. The van der Waals surface area contributed by atoms with Gasteiger partial charge in [-0.15, -0.1) is 0 Å². The van der Waals surface area contributed by atoms with Crippen molar-refractivity contribution < 1.29 is 4.74 Å². The molecule has 3 atom stereocenters. The molecular weight excluding hydrogens is 300 g/mol. The first kappa shape index (κ1) is 17.0. The molecule has 1 aromatic carbocycles. The van der Waals surface area contributed by atoms with Crippen molar-refractivity contribution in [1.82, 2.24) is 5.43 Å². The molecule has 1 fully saturated rings. The summed E-state index contributed by atoms with van der Waals surface area (Å²) in [7, 11) is 0. The molecule has 3 N–H and O–H groups in total. The standard InChI is InChI=1S/C16H26N2OS2/c1-3-9-19-13-8-6-5-7-12(13)15(18-17)16-14(4-2)20-10-11-21-16/h5-8,14-16,18H,3-4,9-11,17H2,1-2H3. The second-order valence-electron chi connectivity index (χ2n) is 5.18. The Labute approximate surface area is 136 Å². The second-order valence-corrected chi connectivity index (χ2v) is 7.82. The van der Waals surface area contributed by atoms with Gasteiger partial charge in [0.05, 0.1) is 12.6 Å². The fourth-order valence-corrected chi connectivity index (χ4v) is 5.91. The van der Waals surface area contributed by atoms with Gasteiger partial charge >= 0.3 is 0 Å². The third-order valence-electron chi connectivity index (χ3n) is 3.72. The number of hydrogen-bond acceptors (Lipinski definition) is 5. The fraction of sp³-hybridized carbons (Fsp3) is 0.625. The van der Waals surface area contributed by atoms with E-state index in [9.17, 15) is 0 Å². The predicted molar refractivity (Wildman–Crippen MR) is 95.1 cm³/mol. The van der Waals surface area contributed by atoms with Crippen molar-refractivity contribution in [3.8, 4) is 5.75 Å². The van der Waals surface area contributed by atoms with Crippen LogP contribution >= 0.6 is 23.5 Å². The van der Waals surface area contributed by atoms with Gasteiger partial charge in [-0.1, -0.05) is 32.0 Å². The molecule has 0 radical (unpaired) electrons. The molecule has 1 saturated heterocycles. The molecule has 1 aromatic rings. The van der Waals surface area contributed by atoms with Crippen molar-refractivity contribution in [3.63, 3.8) is 0 Å². The van der Waals surface area contributed by atoms with E-state index in [2.05, 4.69) is 49.2 Å². The summed E-state index contributed by atoms with van der Waals surface area (Å²) in [5.41, 5.74) is 4.24. The Balaban J connectivity index is 2.23. The first-order valence-electron chi connectivity index (χ1n) is 7.72. The lowest BCUT2D eigenvalue weighted by Crippen LogP contribution is -2.41. The summed E-state index contributed by atoms with van der Waals surface area (Å²) in [6.07, 6.45) is 2.19. The van der Waals surface area contributed by atoms with Crippen molar-refractivity contribution in [3.05, 3.63) is 29.8 Å². The molecular formula is C16H26N2OS2. The van der Waals surface area contributed by atoms with Crippen LogP contribution in [0.15, 0.2) is 24.3 Å². The molecule has 1 heterocycles. The number of benzene rings is 1. The highest BCUT2D eigenvalue weighted by Gasteiger charge is 2.33. The molecule has 118 valence electrons. The Bertz CT molecular complexity index is 430. The quantitative estimate of drug-likeness (QED) is 0.592. The van der Waals surface area contributed by atoms with Crippen LogP contribution in [-0.2, 0) is 0 Å². The van der Waals surface area contributed by atoms with E-state index in [1.807, 2.05) is 17.8 Å². The van der Waals surface area contributed by atoms with Gasteiger partial charge in [-0.3, -0.25) is 11.3 Å². The predicted octanol–water partition coefficient (Wildman–Crippen LogP) is 3.61. The van der Waals surface area contributed by atoms with Crippen LogP contribution in [-0.4, -0.2) is 28.6 Å². The highest BCUT2D eigenvalue weighted by Crippen LogP contribution is 2.41. The molecule has 2 rings (SSSR count). The maximum atomic E-state index is 5.92. The van der Waals surface area contributed by atoms with Crippen molar-refractivity contribution in [1.29, 1.82) is 0 Å². The van der Waals surface area contributed by atoms with Crippen LogP contribution in [0.5, 0.6) is 5.75 Å². The van der Waals surface area contributed by atoms with E-state index in [1.165, 1.54) is 23.5 Å². The lowest BCUT2D eigenvalue weighted by molar-refractivity contribution is 0.309. The summed E-state index contributed by atoms with van der Waals surface area (Å²) in [6.45, 7) is 5.14. The van der Waals surface area contributed by atoms with Gasteiger partial charge < -0.3 is 4.74 Å². The summed E-state index contributed by atoms with van der Waals surface area (Å²) in [5, 5.41) is 1.13. The van der Waals surface area contributed by atoms with Gasteiger partial charge in [-0.05, 0) is 18.9 Å². The summed E-state index contributed by atoms with van der Waals surface area (Å²) < 4.78 is 5.92. The summed E-state index contributed by atoms with van der Waals surface area (Å²) in [5.74, 6) is 9.33. The maximum Gasteiger partial charge on any atom is 0.124 e. The normalized spacial score (nSPS) is 23.8. The van der Waals surface area contributed by atoms with Crippen molar-refractivity contribution >= 4 is 23.5 Å². The van der Waals surface area contributed by atoms with Gasteiger partial charge in [-0.2, -0.15) is 23.5 Å². The first-order valence-corrected chi connectivity index (χ1v) is 9.82. The number of nitrogens with one attached hydrogen (secondary N) is 1. The highest BCUT2D eigenvalue weighted by atomic mass is 32.2. The molecule has 3 nitrogen and oxygen atoms in total. The summed E-state index contributed by atoms with van der Waals surface area (Å²) >= 11 is 4.11. The van der Waals surface area contributed by atoms with E-state index in [-0.39, 0.29) is 6.04 Å². The second kappa shape index (κ2) is 8.93. The van der Waals surface area contributed by atoms with Crippen LogP contribution < -0.4 is 16.0 Å². The smallest absolute Gasteiger partial charge is 0.124 e. The fourth-order valence-electron chi connectivity index (χ4n) is 2.69. The Kier molecular flexibility index (Phi) is 7.23. The molecule has 5 heteroatoms. The minimum absolute atomic E-state index is 0.140. The molecule has 0 aromatic heterocycles. The molecule has 0 spiro atoms. The molecule has 0 aliphatic carbocycles. The Morgan fingerprint density at radius 3 is 2.76 bits per heavy atom. The zero-order chi connectivity index (χ0) is 15.1. The van der Waals surface area contributed by atoms with Crippen molar-refractivity contribution in [2.75, 3.05) is 18.1 Å². The highest BCUT2D eigenvalue weighted by molar-refractivity contribution is 8.07. The van der Waals surface area contributed by atoms with Crippen LogP contribution in [0.1, 0.15) is 38.3 Å². The summed E-state index contributed by atoms with van der Waals surface area (Å²) in [4.78, 5) is 0. The van der Waals surface area contributed by atoms with Gasteiger partial charge in [0.1, 0.15) is 5.75 Å². The Morgan fingerprint density at radius 1 is 1.29 bits per heavy atom. The Hall–Kier alpha value is -0.360. The van der Waals surface area contributed by atoms with Crippen molar-refractivity contribution in [2.24, 2.45) is 5.84 Å². The minimum Gasteiger partial charge on any atom is -0.493 e. The number of thioether (sulfide) groups is 2. The molecule has 0 amide bonds. The number of nitrogens with two attached hydrogens (primary N) is 1. The topological polar surface area (TPSA) is 47.3 Å². The van der Waals surface area contributed by atoms with E-state index >= 15 is 0 Å². The lowest BCUT2D eigenvalue weighted by atomic mass is 9.99. The number of hydrazine groups is 1. The number of ether oxygens (including phenoxy) is 1. The van der Waals surface area contributed by atoms with E-state index in [4.69, 9.17) is 10.6 Å². The molecule has 1 aliphatic heterocycles. The van der Waals surface area contributed by atoms with Crippen LogP contribution in [0.3, 0.4) is 0 Å². The first-order chi connectivity index (χ1) is 10.3. The average Bonchev–Trinajstić information content (AvgIpc) is 2.55. The van der Waals surface area contributed by atoms with E-state index in [0.29, 0.717) is 10.5 Å². The van der Waals surface area contributed by atoms with Gasteiger partial charge in [0.2, 0.25) is 0 Å². The third kappa shape index (κ3) is 4.31. The molecule has 1 aliphatic rings. The van der Waals surface area contributed by atoms with Gasteiger partial charge in [0.15, 0.2) is 0 Å². The van der Waals surface area contributed by atoms with Crippen LogP contribution in [0.2, 0.25) is 0 Å². The number of para-hydroxylation sites is 1. The van der Waals surface area contributed by atoms with Crippen molar-refractivity contribution in [2.45, 2.75) is 43.2 Å². The minimum atomic E-state index is 0.140. The largest absolute Gasteiger partial charge is 0.493 e. The van der Waals surface area contributed by atoms with Crippen LogP contribution in [0.25, 0.3) is 0 Å². The zero-order valence-corrected chi connectivity index (χ0v) is 14.5. The van der Waals surface area contributed by atoms with Gasteiger partial charge in [-0.25, -0.2) is 0 Å². The number of rotatable bonds is 7. The van der Waals surface area contributed by atoms with E-state index in [1.54, 1.807) is 0 Å². The maximum absolute atomic E-state index is 5.92. The monoisotopic (exact) mass is 326 g/mol. The van der Waals surface area contributed by atoms with Gasteiger partial charge in [0.25, 0.3) is 0 Å². The average molecular weight is 327 g/mol. The molecule has 0 saturated carbocycles.